The highest BCUT2D eigenvalue weighted by atomic mass is 35.5. The Labute approximate surface area is 162 Å². The van der Waals surface area contributed by atoms with Crippen molar-refractivity contribution in [2.45, 2.75) is 0 Å². The van der Waals surface area contributed by atoms with E-state index in [0.29, 0.717) is 27.8 Å². The molecule has 0 saturated carbocycles. The summed E-state index contributed by atoms with van der Waals surface area (Å²) in [5.74, 6) is 1.21. The first kappa shape index (κ1) is 18.6. The van der Waals surface area contributed by atoms with Crippen LogP contribution in [-0.2, 0) is 0 Å². The van der Waals surface area contributed by atoms with Crippen LogP contribution >= 0.6 is 11.6 Å². The van der Waals surface area contributed by atoms with Crippen LogP contribution in [0.2, 0.25) is 5.02 Å². The van der Waals surface area contributed by atoms with Gasteiger partial charge in [0.05, 0.1) is 19.9 Å². The third kappa shape index (κ3) is 4.71. The van der Waals surface area contributed by atoms with E-state index in [0.717, 1.165) is 11.4 Å². The van der Waals surface area contributed by atoms with E-state index >= 15 is 0 Å². The summed E-state index contributed by atoms with van der Waals surface area (Å²) < 4.78 is 10.4. The quantitative estimate of drug-likeness (QED) is 0.603. The maximum atomic E-state index is 12.3. The molecule has 0 heterocycles. The molecular formula is C21H19ClN2O3. The van der Waals surface area contributed by atoms with Gasteiger partial charge in [0.2, 0.25) is 0 Å². The molecule has 138 valence electrons. The van der Waals surface area contributed by atoms with Gasteiger partial charge in [0.25, 0.3) is 5.91 Å². The lowest BCUT2D eigenvalue weighted by Crippen LogP contribution is -2.11. The van der Waals surface area contributed by atoms with E-state index in [2.05, 4.69) is 10.6 Å². The first-order valence-corrected chi connectivity index (χ1v) is 8.63. The van der Waals surface area contributed by atoms with Crippen molar-refractivity contribution in [2.24, 2.45) is 0 Å². The second kappa shape index (κ2) is 8.47. The maximum Gasteiger partial charge on any atom is 0.255 e. The standard InChI is InChI=1S/C21H19ClN2O3/c1-26-18-10-3-14(4-11-18)21(25)24-17-8-6-16(7-9-17)23-19-13-15(22)5-12-20(19)27-2/h3-13,23H,1-2H3,(H,24,25). The van der Waals surface area contributed by atoms with Gasteiger partial charge in [-0.2, -0.15) is 0 Å². The average molecular weight is 383 g/mol. The minimum atomic E-state index is -0.185. The lowest BCUT2D eigenvalue weighted by atomic mass is 10.2. The van der Waals surface area contributed by atoms with Gasteiger partial charge in [-0.15, -0.1) is 0 Å². The van der Waals surface area contributed by atoms with Crippen LogP contribution in [0.4, 0.5) is 17.1 Å². The van der Waals surface area contributed by atoms with Gasteiger partial charge in [-0.05, 0) is 66.7 Å². The van der Waals surface area contributed by atoms with E-state index in [1.165, 1.54) is 0 Å². The van der Waals surface area contributed by atoms with E-state index in [4.69, 9.17) is 21.1 Å². The van der Waals surface area contributed by atoms with Crippen molar-refractivity contribution in [1.82, 2.24) is 0 Å². The van der Waals surface area contributed by atoms with Crippen LogP contribution in [0.3, 0.4) is 0 Å². The monoisotopic (exact) mass is 382 g/mol. The molecular weight excluding hydrogens is 364 g/mol. The molecule has 3 aromatic rings. The summed E-state index contributed by atoms with van der Waals surface area (Å²) in [7, 11) is 3.19. The van der Waals surface area contributed by atoms with Crippen LogP contribution < -0.4 is 20.1 Å². The largest absolute Gasteiger partial charge is 0.497 e. The fourth-order valence-electron chi connectivity index (χ4n) is 2.52. The SMILES string of the molecule is COc1ccc(C(=O)Nc2ccc(Nc3cc(Cl)ccc3OC)cc2)cc1. The Morgan fingerprint density at radius 1 is 0.852 bits per heavy atom. The molecule has 0 radical (unpaired) electrons. The molecule has 5 nitrogen and oxygen atoms in total. The second-order valence-electron chi connectivity index (χ2n) is 5.73. The Bertz CT molecular complexity index is 925. The Morgan fingerprint density at radius 2 is 1.52 bits per heavy atom. The first-order valence-electron chi connectivity index (χ1n) is 8.25. The number of halogens is 1. The lowest BCUT2D eigenvalue weighted by molar-refractivity contribution is 0.102. The smallest absolute Gasteiger partial charge is 0.255 e. The van der Waals surface area contributed by atoms with Gasteiger partial charge in [0, 0.05) is 22.0 Å². The summed E-state index contributed by atoms with van der Waals surface area (Å²) in [5, 5.41) is 6.73. The van der Waals surface area contributed by atoms with Crippen LogP contribution in [0.5, 0.6) is 11.5 Å². The van der Waals surface area contributed by atoms with Crippen LogP contribution in [0, 0.1) is 0 Å². The van der Waals surface area contributed by atoms with E-state index in [1.54, 1.807) is 56.7 Å². The fourth-order valence-corrected chi connectivity index (χ4v) is 2.69. The highest BCUT2D eigenvalue weighted by Gasteiger charge is 2.07. The number of hydrogen-bond donors (Lipinski definition) is 2. The van der Waals surface area contributed by atoms with Gasteiger partial charge in [0.15, 0.2) is 0 Å². The van der Waals surface area contributed by atoms with Gasteiger partial charge >= 0.3 is 0 Å². The number of carbonyl (C=O) groups excluding carboxylic acids is 1. The molecule has 0 atom stereocenters. The molecule has 1 amide bonds. The summed E-state index contributed by atoms with van der Waals surface area (Å²) in [4.78, 5) is 12.3. The van der Waals surface area contributed by atoms with Crippen molar-refractivity contribution in [3.63, 3.8) is 0 Å². The van der Waals surface area contributed by atoms with Crippen molar-refractivity contribution >= 4 is 34.6 Å². The summed E-state index contributed by atoms with van der Waals surface area (Å²) in [6.07, 6.45) is 0. The number of rotatable bonds is 6. The van der Waals surface area contributed by atoms with Crippen LogP contribution in [0.25, 0.3) is 0 Å². The minimum absolute atomic E-state index is 0.185. The third-order valence-electron chi connectivity index (χ3n) is 3.94. The number of hydrogen-bond acceptors (Lipinski definition) is 4. The van der Waals surface area contributed by atoms with Gasteiger partial charge in [0.1, 0.15) is 11.5 Å². The maximum absolute atomic E-state index is 12.3. The van der Waals surface area contributed by atoms with E-state index in [1.807, 2.05) is 24.3 Å². The van der Waals surface area contributed by atoms with Crippen molar-refractivity contribution in [1.29, 1.82) is 0 Å². The zero-order valence-corrected chi connectivity index (χ0v) is 15.7. The predicted octanol–water partition coefficient (Wildman–Crippen LogP) is 5.35. The number of amides is 1. The molecule has 0 bridgehead atoms. The zero-order valence-electron chi connectivity index (χ0n) is 15.0. The molecule has 3 rings (SSSR count). The zero-order chi connectivity index (χ0) is 19.2. The summed E-state index contributed by atoms with van der Waals surface area (Å²) in [5.41, 5.74) is 2.86. The Hall–Kier alpha value is -3.18. The fraction of sp³-hybridized carbons (Fsp3) is 0.0952. The third-order valence-corrected chi connectivity index (χ3v) is 4.17. The number of ether oxygens (including phenoxy) is 2. The van der Waals surface area contributed by atoms with Gasteiger partial charge in [-0.1, -0.05) is 11.6 Å². The summed E-state index contributed by atoms with van der Waals surface area (Å²) in [6, 6.07) is 19.7. The number of anilines is 3. The topological polar surface area (TPSA) is 59.6 Å². The van der Waals surface area contributed by atoms with Gasteiger partial charge in [-0.25, -0.2) is 0 Å². The van der Waals surface area contributed by atoms with Crippen LogP contribution in [0.15, 0.2) is 66.7 Å². The minimum Gasteiger partial charge on any atom is -0.497 e. The molecule has 0 saturated heterocycles. The Morgan fingerprint density at radius 3 is 2.15 bits per heavy atom. The van der Waals surface area contributed by atoms with Crippen molar-refractivity contribution in [2.75, 3.05) is 24.9 Å². The summed E-state index contributed by atoms with van der Waals surface area (Å²) >= 11 is 6.05. The molecule has 0 aliphatic heterocycles. The van der Waals surface area contributed by atoms with E-state index < -0.39 is 0 Å². The molecule has 2 N–H and O–H groups in total. The molecule has 6 heteroatoms. The van der Waals surface area contributed by atoms with Gasteiger partial charge < -0.3 is 20.1 Å². The number of carbonyl (C=O) groups is 1. The molecule has 3 aromatic carbocycles. The second-order valence-corrected chi connectivity index (χ2v) is 6.17. The van der Waals surface area contributed by atoms with Crippen molar-refractivity contribution < 1.29 is 14.3 Å². The molecule has 0 spiro atoms. The molecule has 0 aliphatic rings. The Kier molecular flexibility index (Phi) is 5.84. The first-order chi connectivity index (χ1) is 13.1. The number of methoxy groups -OCH3 is 2. The average Bonchev–Trinajstić information content (AvgIpc) is 2.70. The molecule has 0 aromatic heterocycles. The highest BCUT2D eigenvalue weighted by molar-refractivity contribution is 6.31. The Balaban J connectivity index is 1.68. The molecule has 27 heavy (non-hydrogen) atoms. The highest BCUT2D eigenvalue weighted by Crippen LogP contribution is 2.30. The van der Waals surface area contributed by atoms with Crippen LogP contribution in [-0.4, -0.2) is 20.1 Å². The van der Waals surface area contributed by atoms with Crippen molar-refractivity contribution in [3.05, 3.63) is 77.3 Å². The predicted molar refractivity (Wildman–Crippen MR) is 109 cm³/mol. The number of benzene rings is 3. The molecule has 0 unspecified atom stereocenters. The number of nitrogens with one attached hydrogen (secondary N) is 2. The van der Waals surface area contributed by atoms with E-state index in [9.17, 15) is 4.79 Å². The molecule has 0 aliphatic carbocycles. The summed E-state index contributed by atoms with van der Waals surface area (Å²) in [6.45, 7) is 0. The lowest BCUT2D eigenvalue weighted by Gasteiger charge is -2.12. The van der Waals surface area contributed by atoms with Gasteiger partial charge in [-0.3, -0.25) is 4.79 Å². The normalized spacial score (nSPS) is 10.2. The molecule has 0 fully saturated rings. The van der Waals surface area contributed by atoms with Crippen LogP contribution in [0.1, 0.15) is 10.4 Å². The van der Waals surface area contributed by atoms with Crippen molar-refractivity contribution in [3.8, 4) is 11.5 Å². The van der Waals surface area contributed by atoms with E-state index in [-0.39, 0.29) is 5.91 Å².